The Kier molecular flexibility index (Phi) is 6.67. The summed E-state index contributed by atoms with van der Waals surface area (Å²) in [6.07, 6.45) is 0.563. The normalized spacial score (nSPS) is 15.0. The molecule has 1 saturated heterocycles. The lowest BCUT2D eigenvalue weighted by molar-refractivity contribution is -0.132. The van der Waals surface area contributed by atoms with Crippen LogP contribution in [0, 0.1) is 0 Å². The third kappa shape index (κ3) is 5.09. The van der Waals surface area contributed by atoms with Crippen LogP contribution in [0.2, 0.25) is 0 Å². The predicted octanol–water partition coefficient (Wildman–Crippen LogP) is 3.25. The second-order valence-electron chi connectivity index (χ2n) is 6.81. The van der Waals surface area contributed by atoms with Crippen molar-refractivity contribution < 1.29 is 4.79 Å². The Hall–Kier alpha value is -2.33. The summed E-state index contributed by atoms with van der Waals surface area (Å²) in [5, 5.41) is 0. The largest absolute Gasteiger partial charge is 0.367 e. The van der Waals surface area contributed by atoms with Crippen LogP contribution in [0.3, 0.4) is 0 Å². The van der Waals surface area contributed by atoms with Crippen LogP contribution in [0.1, 0.15) is 18.9 Å². The van der Waals surface area contributed by atoms with Crippen molar-refractivity contribution in [3.63, 3.8) is 0 Å². The number of hydrogen-bond acceptors (Lipinski definition) is 3. The predicted molar refractivity (Wildman–Crippen MR) is 107 cm³/mol. The molecule has 1 aliphatic rings. The fraction of sp³-hybridized carbons (Fsp3) is 0.409. The van der Waals surface area contributed by atoms with Crippen molar-refractivity contribution in [1.82, 2.24) is 9.80 Å². The first-order valence-electron chi connectivity index (χ1n) is 9.60. The summed E-state index contributed by atoms with van der Waals surface area (Å²) in [6, 6.07) is 20.8. The molecule has 138 valence electrons. The number of hydrogen-bond donors (Lipinski definition) is 0. The van der Waals surface area contributed by atoms with Gasteiger partial charge in [0.15, 0.2) is 0 Å². The van der Waals surface area contributed by atoms with Gasteiger partial charge in [-0.15, -0.1) is 0 Å². The Morgan fingerprint density at radius 1 is 0.923 bits per heavy atom. The van der Waals surface area contributed by atoms with E-state index in [9.17, 15) is 4.79 Å². The summed E-state index contributed by atoms with van der Waals surface area (Å²) < 4.78 is 0. The molecule has 0 N–H and O–H groups in total. The number of benzene rings is 2. The number of anilines is 1. The summed E-state index contributed by atoms with van der Waals surface area (Å²) in [4.78, 5) is 19.4. The van der Waals surface area contributed by atoms with E-state index in [0.717, 1.165) is 45.8 Å². The van der Waals surface area contributed by atoms with Crippen molar-refractivity contribution in [3.05, 3.63) is 66.2 Å². The summed E-state index contributed by atoms with van der Waals surface area (Å²) >= 11 is 0. The Morgan fingerprint density at radius 2 is 1.54 bits per heavy atom. The summed E-state index contributed by atoms with van der Waals surface area (Å²) in [6.45, 7) is 8.52. The fourth-order valence-electron chi connectivity index (χ4n) is 3.44. The van der Waals surface area contributed by atoms with Gasteiger partial charge in [0, 0.05) is 51.4 Å². The number of carbonyl (C=O) groups excluding carboxylic acids is 1. The Morgan fingerprint density at radius 3 is 2.15 bits per heavy atom. The molecule has 1 aliphatic heterocycles. The SMILES string of the molecule is CCN1CCN(C(=O)CCN(Cc2ccccc2)c2ccccc2)CC1. The minimum atomic E-state index is 0.273. The minimum Gasteiger partial charge on any atom is -0.367 e. The molecule has 3 rings (SSSR count). The first-order chi connectivity index (χ1) is 12.8. The molecule has 0 atom stereocenters. The monoisotopic (exact) mass is 351 g/mol. The highest BCUT2D eigenvalue weighted by atomic mass is 16.2. The molecular weight excluding hydrogens is 322 g/mol. The maximum atomic E-state index is 12.7. The molecule has 0 spiro atoms. The van der Waals surface area contributed by atoms with Gasteiger partial charge in [0.05, 0.1) is 0 Å². The summed E-state index contributed by atoms with van der Waals surface area (Å²) in [7, 11) is 0. The number of rotatable bonds is 7. The zero-order valence-electron chi connectivity index (χ0n) is 15.7. The molecule has 1 amide bonds. The Bertz CT molecular complexity index is 666. The van der Waals surface area contributed by atoms with Gasteiger partial charge in [-0.1, -0.05) is 55.5 Å². The van der Waals surface area contributed by atoms with E-state index in [0.29, 0.717) is 6.42 Å². The second-order valence-corrected chi connectivity index (χ2v) is 6.81. The van der Waals surface area contributed by atoms with Crippen molar-refractivity contribution >= 4 is 11.6 Å². The molecule has 4 heteroatoms. The van der Waals surface area contributed by atoms with Gasteiger partial charge in [-0.2, -0.15) is 0 Å². The van der Waals surface area contributed by atoms with E-state index in [2.05, 4.69) is 65.3 Å². The number of carbonyl (C=O) groups is 1. The van der Waals surface area contributed by atoms with Crippen LogP contribution >= 0.6 is 0 Å². The molecule has 0 saturated carbocycles. The van der Waals surface area contributed by atoms with E-state index >= 15 is 0 Å². The van der Waals surface area contributed by atoms with E-state index in [1.807, 2.05) is 17.0 Å². The number of amides is 1. The van der Waals surface area contributed by atoms with Crippen LogP contribution in [-0.2, 0) is 11.3 Å². The quantitative estimate of drug-likeness (QED) is 0.766. The average Bonchev–Trinajstić information content (AvgIpc) is 2.72. The molecular formula is C22H29N3O. The first-order valence-corrected chi connectivity index (χ1v) is 9.60. The molecule has 4 nitrogen and oxygen atoms in total. The molecule has 0 radical (unpaired) electrons. The van der Waals surface area contributed by atoms with Crippen molar-refractivity contribution in [1.29, 1.82) is 0 Å². The number of nitrogens with zero attached hydrogens (tertiary/aromatic N) is 3. The molecule has 1 fully saturated rings. The minimum absolute atomic E-state index is 0.273. The van der Waals surface area contributed by atoms with Gasteiger partial charge in [-0.3, -0.25) is 4.79 Å². The number of para-hydroxylation sites is 1. The molecule has 0 aliphatic carbocycles. The van der Waals surface area contributed by atoms with Crippen molar-refractivity contribution in [2.45, 2.75) is 19.9 Å². The van der Waals surface area contributed by atoms with E-state index in [4.69, 9.17) is 0 Å². The van der Waals surface area contributed by atoms with Crippen LogP contribution in [0.15, 0.2) is 60.7 Å². The van der Waals surface area contributed by atoms with Crippen molar-refractivity contribution in [3.8, 4) is 0 Å². The number of likely N-dealkylation sites (N-methyl/N-ethyl adjacent to an activating group) is 1. The summed E-state index contributed by atoms with van der Waals surface area (Å²) in [5.74, 6) is 0.273. The first kappa shape index (κ1) is 18.5. The van der Waals surface area contributed by atoms with Crippen LogP contribution in [0.5, 0.6) is 0 Å². The number of piperazine rings is 1. The van der Waals surface area contributed by atoms with Crippen LogP contribution < -0.4 is 4.90 Å². The molecule has 26 heavy (non-hydrogen) atoms. The van der Waals surface area contributed by atoms with Gasteiger partial charge in [0.2, 0.25) is 5.91 Å². The second kappa shape index (κ2) is 9.39. The molecule has 0 aromatic heterocycles. The maximum Gasteiger partial charge on any atom is 0.224 e. The lowest BCUT2D eigenvalue weighted by Crippen LogP contribution is -2.49. The van der Waals surface area contributed by atoms with Gasteiger partial charge in [0.25, 0.3) is 0 Å². The van der Waals surface area contributed by atoms with E-state index in [1.165, 1.54) is 11.3 Å². The van der Waals surface area contributed by atoms with Gasteiger partial charge in [-0.05, 0) is 24.2 Å². The lowest BCUT2D eigenvalue weighted by atomic mass is 10.2. The van der Waals surface area contributed by atoms with Crippen LogP contribution in [0.25, 0.3) is 0 Å². The molecule has 2 aromatic rings. The van der Waals surface area contributed by atoms with Gasteiger partial charge in [-0.25, -0.2) is 0 Å². The van der Waals surface area contributed by atoms with Crippen molar-refractivity contribution in [2.75, 3.05) is 44.2 Å². The molecule has 1 heterocycles. The fourth-order valence-corrected chi connectivity index (χ4v) is 3.44. The highest BCUT2D eigenvalue weighted by molar-refractivity contribution is 5.77. The molecule has 2 aromatic carbocycles. The standard InChI is InChI=1S/C22H29N3O/c1-2-23-15-17-24(18-16-23)22(26)13-14-25(21-11-7-4-8-12-21)19-20-9-5-3-6-10-20/h3-12H,2,13-19H2,1H3. The highest BCUT2D eigenvalue weighted by Crippen LogP contribution is 2.17. The summed E-state index contributed by atoms with van der Waals surface area (Å²) in [5.41, 5.74) is 2.43. The van der Waals surface area contributed by atoms with Crippen LogP contribution in [0.4, 0.5) is 5.69 Å². The smallest absolute Gasteiger partial charge is 0.224 e. The third-order valence-electron chi connectivity index (χ3n) is 5.11. The van der Waals surface area contributed by atoms with Gasteiger partial charge < -0.3 is 14.7 Å². The van der Waals surface area contributed by atoms with Gasteiger partial charge >= 0.3 is 0 Å². The van der Waals surface area contributed by atoms with E-state index in [-0.39, 0.29) is 5.91 Å². The topological polar surface area (TPSA) is 26.8 Å². The van der Waals surface area contributed by atoms with E-state index < -0.39 is 0 Å². The zero-order chi connectivity index (χ0) is 18.2. The van der Waals surface area contributed by atoms with Crippen molar-refractivity contribution in [2.24, 2.45) is 0 Å². The Balaban J connectivity index is 1.60. The molecule has 0 unspecified atom stereocenters. The maximum absolute atomic E-state index is 12.7. The highest BCUT2D eigenvalue weighted by Gasteiger charge is 2.20. The average molecular weight is 351 g/mol. The third-order valence-corrected chi connectivity index (χ3v) is 5.11. The lowest BCUT2D eigenvalue weighted by Gasteiger charge is -2.34. The van der Waals surface area contributed by atoms with Gasteiger partial charge in [0.1, 0.15) is 0 Å². The van der Waals surface area contributed by atoms with E-state index in [1.54, 1.807) is 0 Å². The zero-order valence-corrected chi connectivity index (χ0v) is 15.7. The van der Waals surface area contributed by atoms with Crippen LogP contribution in [-0.4, -0.2) is 55.0 Å². The molecule has 0 bridgehead atoms. The Labute approximate surface area is 157 Å².